The van der Waals surface area contributed by atoms with Gasteiger partial charge in [-0.25, -0.2) is 0 Å². The Kier molecular flexibility index (Phi) is 5.28. The quantitative estimate of drug-likeness (QED) is 0.552. The van der Waals surface area contributed by atoms with Crippen molar-refractivity contribution in [1.82, 2.24) is 0 Å². The van der Waals surface area contributed by atoms with Crippen LogP contribution in [0.2, 0.25) is 0 Å². The van der Waals surface area contributed by atoms with E-state index in [1.165, 1.54) is 0 Å². The van der Waals surface area contributed by atoms with Crippen LogP contribution >= 0.6 is 0 Å². The summed E-state index contributed by atoms with van der Waals surface area (Å²) >= 11 is 0. The molecule has 1 fully saturated rings. The summed E-state index contributed by atoms with van der Waals surface area (Å²) in [7, 11) is 0. The van der Waals surface area contributed by atoms with E-state index < -0.39 is 17.7 Å². The third-order valence-electron chi connectivity index (χ3n) is 2.48. The van der Waals surface area contributed by atoms with Gasteiger partial charge in [-0.15, -0.1) is 0 Å². The monoisotopic (exact) mass is 258 g/mol. The van der Waals surface area contributed by atoms with Crippen molar-refractivity contribution in [3.63, 3.8) is 0 Å². The molecule has 5 heteroatoms. The summed E-state index contributed by atoms with van der Waals surface area (Å²) in [6.45, 7) is 8.15. The average molecular weight is 258 g/mol. The Morgan fingerprint density at radius 2 is 2.06 bits per heavy atom. The first-order chi connectivity index (χ1) is 8.28. The number of hydrogen-bond acceptors (Lipinski definition) is 5. The zero-order valence-corrected chi connectivity index (χ0v) is 11.5. The molecule has 1 rings (SSSR count). The van der Waals surface area contributed by atoms with E-state index in [4.69, 9.17) is 14.2 Å². The van der Waals surface area contributed by atoms with Gasteiger partial charge in [0.1, 0.15) is 18.1 Å². The van der Waals surface area contributed by atoms with Crippen LogP contribution in [0.1, 0.15) is 40.5 Å². The van der Waals surface area contributed by atoms with E-state index in [2.05, 4.69) is 0 Å². The molecule has 2 atom stereocenters. The minimum atomic E-state index is -0.593. The Morgan fingerprint density at radius 1 is 1.39 bits per heavy atom. The Bertz CT molecular complexity index is 299. The second kappa shape index (κ2) is 6.29. The third kappa shape index (κ3) is 5.60. The van der Waals surface area contributed by atoms with E-state index in [0.717, 1.165) is 6.42 Å². The number of carbonyl (C=O) groups is 2. The zero-order valence-electron chi connectivity index (χ0n) is 11.5. The van der Waals surface area contributed by atoms with Crippen LogP contribution < -0.4 is 0 Å². The lowest BCUT2D eigenvalue weighted by Gasteiger charge is -2.20. The maximum Gasteiger partial charge on any atom is 0.313 e. The lowest BCUT2D eigenvalue weighted by atomic mass is 10.1. The van der Waals surface area contributed by atoms with Gasteiger partial charge < -0.3 is 14.2 Å². The first-order valence-electron chi connectivity index (χ1n) is 6.25. The molecule has 104 valence electrons. The summed E-state index contributed by atoms with van der Waals surface area (Å²) in [6.07, 6.45) is -0.0809. The average Bonchev–Trinajstić information content (AvgIpc) is 2.66. The van der Waals surface area contributed by atoms with Crippen LogP contribution in [0.3, 0.4) is 0 Å². The molecule has 0 spiro atoms. The minimum Gasteiger partial charge on any atom is -0.460 e. The van der Waals surface area contributed by atoms with E-state index in [1.807, 2.05) is 0 Å². The van der Waals surface area contributed by atoms with Gasteiger partial charge in [0.05, 0.1) is 12.7 Å². The highest BCUT2D eigenvalue weighted by atomic mass is 16.6. The molecule has 1 unspecified atom stereocenters. The topological polar surface area (TPSA) is 61.8 Å². The van der Waals surface area contributed by atoms with E-state index in [-0.39, 0.29) is 18.3 Å². The second-order valence-electron chi connectivity index (χ2n) is 5.49. The predicted octanol–water partition coefficient (Wildman–Crippen LogP) is 1.48. The van der Waals surface area contributed by atoms with Crippen molar-refractivity contribution in [3.8, 4) is 0 Å². The van der Waals surface area contributed by atoms with Gasteiger partial charge in [-0.1, -0.05) is 0 Å². The first kappa shape index (κ1) is 15.1. The number of rotatable bonds is 5. The molecule has 1 heterocycles. The number of ether oxygens (including phenoxy) is 3. The van der Waals surface area contributed by atoms with Crippen LogP contribution in [-0.2, 0) is 23.8 Å². The number of esters is 1. The highest BCUT2D eigenvalue weighted by Crippen LogP contribution is 2.13. The lowest BCUT2D eigenvalue weighted by molar-refractivity contribution is -0.158. The van der Waals surface area contributed by atoms with Gasteiger partial charge in [0, 0.05) is 6.61 Å². The van der Waals surface area contributed by atoms with E-state index in [0.29, 0.717) is 13.2 Å². The van der Waals surface area contributed by atoms with Crippen molar-refractivity contribution in [1.29, 1.82) is 0 Å². The van der Waals surface area contributed by atoms with Crippen molar-refractivity contribution >= 4 is 11.8 Å². The molecule has 1 aliphatic rings. The molecule has 0 radical (unpaired) electrons. The van der Waals surface area contributed by atoms with Gasteiger partial charge >= 0.3 is 5.97 Å². The van der Waals surface area contributed by atoms with Crippen molar-refractivity contribution < 1.29 is 23.8 Å². The zero-order chi connectivity index (χ0) is 13.8. The molecule has 0 aliphatic carbocycles. The molecule has 1 aliphatic heterocycles. The predicted molar refractivity (Wildman–Crippen MR) is 65.2 cm³/mol. The lowest BCUT2D eigenvalue weighted by Crippen LogP contribution is -2.31. The highest BCUT2D eigenvalue weighted by molar-refractivity contribution is 5.97. The number of hydrogen-bond donors (Lipinski definition) is 0. The van der Waals surface area contributed by atoms with Crippen LogP contribution in [0.4, 0.5) is 0 Å². The summed E-state index contributed by atoms with van der Waals surface area (Å²) in [6, 6.07) is 0. The molecule has 0 amide bonds. The molecule has 0 aromatic rings. The Hall–Kier alpha value is -0.940. The molecular formula is C13H22O5. The number of Topliss-reactive ketones (excluding diaryl/α,β-unsaturated/α-hetero) is 1. The summed E-state index contributed by atoms with van der Waals surface area (Å²) in [4.78, 5) is 23.2. The second-order valence-corrected chi connectivity index (χ2v) is 5.49. The summed E-state index contributed by atoms with van der Waals surface area (Å²) in [5.41, 5.74) is -0.569. The molecule has 18 heavy (non-hydrogen) atoms. The Balaban J connectivity index is 2.32. The van der Waals surface area contributed by atoms with Crippen LogP contribution in [-0.4, -0.2) is 42.8 Å². The van der Waals surface area contributed by atoms with Gasteiger partial charge in [-0.3, -0.25) is 9.59 Å². The Labute approximate surface area is 108 Å². The van der Waals surface area contributed by atoms with Crippen molar-refractivity contribution in [3.05, 3.63) is 0 Å². The molecule has 0 aromatic carbocycles. The van der Waals surface area contributed by atoms with Crippen molar-refractivity contribution in [2.24, 2.45) is 0 Å². The number of carbonyl (C=O) groups excluding carboxylic acids is 2. The smallest absolute Gasteiger partial charge is 0.313 e. The molecular weight excluding hydrogens is 236 g/mol. The summed E-state index contributed by atoms with van der Waals surface area (Å²) in [5, 5.41) is 0. The van der Waals surface area contributed by atoms with Crippen molar-refractivity contribution in [2.45, 2.75) is 58.3 Å². The molecule has 5 nitrogen and oxygen atoms in total. The van der Waals surface area contributed by atoms with Crippen LogP contribution in [0.15, 0.2) is 0 Å². The standard InChI is InChI=1S/C13H22O5/c1-9(17-10-5-6-16-8-10)11(14)7-12(15)18-13(2,3)4/h9-10H,5-8H2,1-4H3/t9?,10-/m1/s1. The molecule has 0 N–H and O–H groups in total. The van der Waals surface area contributed by atoms with Gasteiger partial charge in [-0.2, -0.15) is 0 Å². The molecule has 1 saturated heterocycles. The fourth-order valence-electron chi connectivity index (χ4n) is 1.65. The minimum absolute atomic E-state index is 0.0393. The molecule has 0 aromatic heterocycles. The van der Waals surface area contributed by atoms with Gasteiger partial charge in [0.15, 0.2) is 5.78 Å². The largest absolute Gasteiger partial charge is 0.460 e. The Morgan fingerprint density at radius 3 is 2.56 bits per heavy atom. The van der Waals surface area contributed by atoms with Crippen molar-refractivity contribution in [2.75, 3.05) is 13.2 Å². The summed E-state index contributed by atoms with van der Waals surface area (Å²) < 4.78 is 15.8. The maximum absolute atomic E-state index is 11.8. The third-order valence-corrected chi connectivity index (χ3v) is 2.48. The van der Waals surface area contributed by atoms with Gasteiger partial charge in [0.2, 0.25) is 0 Å². The fraction of sp³-hybridized carbons (Fsp3) is 0.846. The van der Waals surface area contributed by atoms with Gasteiger partial charge in [-0.05, 0) is 34.1 Å². The van der Waals surface area contributed by atoms with E-state index in [9.17, 15) is 9.59 Å². The van der Waals surface area contributed by atoms with Crippen LogP contribution in [0.5, 0.6) is 0 Å². The summed E-state index contributed by atoms with van der Waals surface area (Å²) in [5.74, 6) is -0.762. The normalized spacial score (nSPS) is 21.7. The van der Waals surface area contributed by atoms with Crippen LogP contribution in [0.25, 0.3) is 0 Å². The van der Waals surface area contributed by atoms with E-state index >= 15 is 0 Å². The highest BCUT2D eigenvalue weighted by Gasteiger charge is 2.26. The number of ketones is 1. The van der Waals surface area contributed by atoms with Gasteiger partial charge in [0.25, 0.3) is 0 Å². The molecule has 0 saturated carbocycles. The maximum atomic E-state index is 11.8. The van der Waals surface area contributed by atoms with E-state index in [1.54, 1.807) is 27.7 Å². The first-order valence-corrected chi connectivity index (χ1v) is 6.25. The van der Waals surface area contributed by atoms with Crippen LogP contribution in [0, 0.1) is 0 Å². The molecule has 0 bridgehead atoms. The SMILES string of the molecule is CC(O[C@@H]1CCOC1)C(=O)CC(=O)OC(C)(C)C. The fourth-order valence-corrected chi connectivity index (χ4v) is 1.65.